The van der Waals surface area contributed by atoms with Crippen LogP contribution in [0.3, 0.4) is 0 Å². The molecular formula is C13H15F4NO3S. The van der Waals surface area contributed by atoms with Crippen LogP contribution in [0.4, 0.5) is 17.6 Å². The molecule has 0 amide bonds. The Morgan fingerprint density at radius 1 is 1.23 bits per heavy atom. The average molecular weight is 341 g/mol. The molecule has 0 bridgehead atoms. The summed E-state index contributed by atoms with van der Waals surface area (Å²) in [4.78, 5) is -0.483. The topological polar surface area (TPSA) is 46.6 Å². The number of ether oxygens (including phenoxy) is 1. The summed E-state index contributed by atoms with van der Waals surface area (Å²) in [6, 6.07) is 3.17. The summed E-state index contributed by atoms with van der Waals surface area (Å²) in [5, 5.41) is 0. The van der Waals surface area contributed by atoms with E-state index in [1.165, 1.54) is 0 Å². The summed E-state index contributed by atoms with van der Waals surface area (Å²) in [6.45, 7) is -1.22. The van der Waals surface area contributed by atoms with E-state index < -0.39 is 39.5 Å². The highest BCUT2D eigenvalue weighted by molar-refractivity contribution is 7.89. The lowest BCUT2D eigenvalue weighted by atomic mass is 10.1. The second kappa shape index (κ2) is 6.51. The van der Waals surface area contributed by atoms with E-state index in [1.54, 1.807) is 0 Å². The van der Waals surface area contributed by atoms with Gasteiger partial charge in [-0.1, -0.05) is 6.07 Å². The van der Waals surface area contributed by atoms with Crippen LogP contribution in [-0.2, 0) is 14.8 Å². The molecule has 22 heavy (non-hydrogen) atoms. The third-order valence-electron chi connectivity index (χ3n) is 3.34. The van der Waals surface area contributed by atoms with Gasteiger partial charge in [0.1, 0.15) is 12.4 Å². The second-order valence-corrected chi connectivity index (χ2v) is 6.86. The van der Waals surface area contributed by atoms with Crippen molar-refractivity contribution in [1.29, 1.82) is 0 Å². The Morgan fingerprint density at radius 3 is 2.41 bits per heavy atom. The van der Waals surface area contributed by atoms with Gasteiger partial charge in [-0.3, -0.25) is 0 Å². The number of nitrogens with zero attached hydrogens (tertiary/aromatic N) is 1. The maximum Gasteiger partial charge on any atom is 0.402 e. The minimum Gasteiger partial charge on any atom is -0.381 e. The van der Waals surface area contributed by atoms with Crippen molar-refractivity contribution in [1.82, 2.24) is 4.31 Å². The summed E-state index contributed by atoms with van der Waals surface area (Å²) < 4.78 is 82.0. The van der Waals surface area contributed by atoms with Crippen LogP contribution in [0.1, 0.15) is 12.8 Å². The van der Waals surface area contributed by atoms with E-state index in [0.29, 0.717) is 4.31 Å². The third kappa shape index (κ3) is 4.17. The Labute approximate surface area is 125 Å². The lowest BCUT2D eigenvalue weighted by molar-refractivity contribution is -0.141. The Bertz CT molecular complexity index is 612. The van der Waals surface area contributed by atoms with E-state index >= 15 is 0 Å². The van der Waals surface area contributed by atoms with E-state index in [-0.39, 0.29) is 26.1 Å². The molecule has 0 radical (unpaired) electrons. The van der Waals surface area contributed by atoms with Gasteiger partial charge in [0, 0.05) is 19.3 Å². The molecule has 1 aromatic rings. The number of hydrogen-bond acceptors (Lipinski definition) is 3. The van der Waals surface area contributed by atoms with Crippen LogP contribution in [0.25, 0.3) is 0 Å². The summed E-state index contributed by atoms with van der Waals surface area (Å²) in [5.41, 5.74) is 0. The van der Waals surface area contributed by atoms with Gasteiger partial charge in [-0.15, -0.1) is 0 Å². The van der Waals surface area contributed by atoms with Crippen LogP contribution in [0.2, 0.25) is 0 Å². The third-order valence-corrected chi connectivity index (χ3v) is 5.23. The van der Waals surface area contributed by atoms with E-state index in [4.69, 9.17) is 4.74 Å². The van der Waals surface area contributed by atoms with Gasteiger partial charge >= 0.3 is 6.18 Å². The quantitative estimate of drug-likeness (QED) is 0.791. The maximum atomic E-state index is 13.2. The van der Waals surface area contributed by atoms with Crippen LogP contribution in [0.5, 0.6) is 0 Å². The van der Waals surface area contributed by atoms with Crippen LogP contribution < -0.4 is 0 Å². The zero-order valence-corrected chi connectivity index (χ0v) is 12.3. The second-order valence-electron chi connectivity index (χ2n) is 4.97. The molecule has 0 unspecified atom stereocenters. The first-order valence-corrected chi connectivity index (χ1v) is 8.06. The molecule has 0 aromatic heterocycles. The van der Waals surface area contributed by atoms with Gasteiger partial charge in [-0.2, -0.15) is 17.5 Å². The fraction of sp³-hybridized carbons (Fsp3) is 0.538. The molecule has 0 N–H and O–H groups in total. The molecule has 1 heterocycles. The predicted molar refractivity (Wildman–Crippen MR) is 70.2 cm³/mol. The summed E-state index contributed by atoms with van der Waals surface area (Å²) in [6.07, 6.45) is -4.34. The molecule has 1 aliphatic rings. The number of halogens is 4. The van der Waals surface area contributed by atoms with Crippen LogP contribution in [0.15, 0.2) is 29.2 Å². The van der Waals surface area contributed by atoms with Gasteiger partial charge in [0.25, 0.3) is 0 Å². The van der Waals surface area contributed by atoms with Crippen molar-refractivity contribution in [3.05, 3.63) is 30.1 Å². The summed E-state index contributed by atoms with van der Waals surface area (Å²) in [5.74, 6) is -0.819. The number of hydrogen-bond donors (Lipinski definition) is 0. The Kier molecular flexibility index (Phi) is 5.08. The monoisotopic (exact) mass is 341 g/mol. The highest BCUT2D eigenvalue weighted by atomic mass is 32.2. The predicted octanol–water partition coefficient (Wildman–Crippen LogP) is 2.56. The molecule has 2 rings (SSSR count). The van der Waals surface area contributed by atoms with Crippen molar-refractivity contribution < 1.29 is 30.7 Å². The van der Waals surface area contributed by atoms with Gasteiger partial charge in [-0.05, 0) is 31.0 Å². The highest BCUT2D eigenvalue weighted by Gasteiger charge is 2.41. The van der Waals surface area contributed by atoms with Crippen LogP contribution in [0, 0.1) is 5.82 Å². The lowest BCUT2D eigenvalue weighted by Crippen LogP contribution is -2.47. The molecule has 1 aliphatic heterocycles. The maximum absolute atomic E-state index is 13.2. The van der Waals surface area contributed by atoms with Gasteiger partial charge in [0.15, 0.2) is 0 Å². The molecule has 4 nitrogen and oxygen atoms in total. The SMILES string of the molecule is O=S(=O)(c1cccc(F)c1)N(CC(F)(F)F)C1CCOCC1. The fourth-order valence-electron chi connectivity index (χ4n) is 2.32. The molecule has 9 heteroatoms. The van der Waals surface area contributed by atoms with Gasteiger partial charge in [0.2, 0.25) is 10.0 Å². The molecule has 124 valence electrons. The Balaban J connectivity index is 2.38. The van der Waals surface area contributed by atoms with Crippen molar-refractivity contribution >= 4 is 10.0 Å². The molecular weight excluding hydrogens is 326 g/mol. The normalized spacial score (nSPS) is 17.9. The zero-order valence-electron chi connectivity index (χ0n) is 11.5. The smallest absolute Gasteiger partial charge is 0.381 e. The van der Waals surface area contributed by atoms with E-state index in [1.807, 2.05) is 0 Å². The molecule has 1 fully saturated rings. The first-order chi connectivity index (χ1) is 10.2. The fourth-order valence-corrected chi connectivity index (χ4v) is 4.03. The van der Waals surface area contributed by atoms with Crippen molar-refractivity contribution in [3.8, 4) is 0 Å². The van der Waals surface area contributed by atoms with Crippen molar-refractivity contribution in [3.63, 3.8) is 0 Å². The largest absolute Gasteiger partial charge is 0.402 e. The first kappa shape index (κ1) is 17.2. The highest BCUT2D eigenvalue weighted by Crippen LogP contribution is 2.28. The number of alkyl halides is 3. The van der Waals surface area contributed by atoms with Gasteiger partial charge in [-0.25, -0.2) is 12.8 Å². The molecule has 0 saturated carbocycles. The Hall–Kier alpha value is -1.19. The van der Waals surface area contributed by atoms with E-state index in [2.05, 4.69) is 0 Å². The zero-order chi connectivity index (χ0) is 16.4. The Morgan fingerprint density at radius 2 is 1.86 bits per heavy atom. The van der Waals surface area contributed by atoms with Gasteiger partial charge < -0.3 is 4.74 Å². The number of sulfonamides is 1. The summed E-state index contributed by atoms with van der Waals surface area (Å²) in [7, 11) is -4.44. The number of benzene rings is 1. The number of rotatable bonds is 4. The van der Waals surface area contributed by atoms with Crippen LogP contribution >= 0.6 is 0 Å². The molecule has 1 saturated heterocycles. The van der Waals surface area contributed by atoms with Crippen molar-refractivity contribution in [2.24, 2.45) is 0 Å². The molecule has 0 spiro atoms. The minimum absolute atomic E-state index is 0.171. The molecule has 1 aromatic carbocycles. The average Bonchev–Trinajstić information content (AvgIpc) is 2.45. The van der Waals surface area contributed by atoms with Crippen LogP contribution in [-0.4, -0.2) is 44.7 Å². The minimum atomic E-state index is -4.68. The molecule has 0 atom stereocenters. The lowest BCUT2D eigenvalue weighted by Gasteiger charge is -2.33. The van der Waals surface area contributed by atoms with Gasteiger partial charge in [0.05, 0.1) is 4.90 Å². The van der Waals surface area contributed by atoms with Crippen molar-refractivity contribution in [2.75, 3.05) is 19.8 Å². The first-order valence-electron chi connectivity index (χ1n) is 6.62. The van der Waals surface area contributed by atoms with E-state index in [0.717, 1.165) is 24.3 Å². The van der Waals surface area contributed by atoms with E-state index in [9.17, 15) is 26.0 Å². The molecule has 0 aliphatic carbocycles. The standard InChI is InChI=1S/C13H15F4NO3S/c14-10-2-1-3-12(8-10)22(19,20)18(9-13(15,16)17)11-4-6-21-7-5-11/h1-3,8,11H,4-7,9H2. The summed E-state index contributed by atoms with van der Waals surface area (Å²) >= 11 is 0. The van der Waals surface area contributed by atoms with Crippen molar-refractivity contribution in [2.45, 2.75) is 30.0 Å².